The molecule has 1 N–H and O–H groups in total. The molecule has 2 fully saturated rings. The SMILES string of the molecule is C[C@H]1CNCCN1CC(=O)N1CCCC1c1ccc(C(C)(C)C)cc1. The number of carbonyl (C=O) groups excluding carboxylic acids is 1. The lowest BCUT2D eigenvalue weighted by atomic mass is 9.86. The number of amides is 1. The maximum absolute atomic E-state index is 12.9. The van der Waals surface area contributed by atoms with E-state index in [4.69, 9.17) is 0 Å². The molecule has 3 rings (SSSR count). The molecular formula is C21H33N3O. The summed E-state index contributed by atoms with van der Waals surface area (Å²) < 4.78 is 0. The first kappa shape index (κ1) is 18.4. The van der Waals surface area contributed by atoms with E-state index in [2.05, 4.69) is 67.1 Å². The second-order valence-corrected chi connectivity index (χ2v) is 8.64. The van der Waals surface area contributed by atoms with Gasteiger partial charge >= 0.3 is 0 Å². The van der Waals surface area contributed by atoms with Crippen LogP contribution in [0.1, 0.15) is 57.7 Å². The number of likely N-dealkylation sites (tertiary alicyclic amines) is 1. The van der Waals surface area contributed by atoms with Gasteiger partial charge in [-0.05, 0) is 36.3 Å². The van der Waals surface area contributed by atoms with E-state index < -0.39 is 0 Å². The van der Waals surface area contributed by atoms with Crippen LogP contribution in [0.3, 0.4) is 0 Å². The van der Waals surface area contributed by atoms with Gasteiger partial charge in [-0.3, -0.25) is 9.69 Å². The number of carbonyl (C=O) groups is 1. The highest BCUT2D eigenvalue weighted by Gasteiger charge is 2.32. The summed E-state index contributed by atoms with van der Waals surface area (Å²) in [5.74, 6) is 0.288. The largest absolute Gasteiger partial charge is 0.335 e. The summed E-state index contributed by atoms with van der Waals surface area (Å²) >= 11 is 0. The summed E-state index contributed by atoms with van der Waals surface area (Å²) in [6.07, 6.45) is 2.19. The molecule has 0 bridgehead atoms. The van der Waals surface area contributed by atoms with Gasteiger partial charge in [0.1, 0.15) is 0 Å². The lowest BCUT2D eigenvalue weighted by Gasteiger charge is -2.35. The van der Waals surface area contributed by atoms with Gasteiger partial charge in [-0.2, -0.15) is 0 Å². The predicted octanol–water partition coefficient (Wildman–Crippen LogP) is 2.94. The zero-order chi connectivity index (χ0) is 18.0. The summed E-state index contributed by atoms with van der Waals surface area (Å²) in [6, 6.07) is 9.60. The van der Waals surface area contributed by atoms with Gasteiger partial charge in [0.05, 0.1) is 12.6 Å². The molecule has 1 unspecified atom stereocenters. The van der Waals surface area contributed by atoms with Crippen molar-refractivity contribution in [1.82, 2.24) is 15.1 Å². The fraction of sp³-hybridized carbons (Fsp3) is 0.667. The molecule has 0 saturated carbocycles. The number of benzene rings is 1. The van der Waals surface area contributed by atoms with E-state index in [0.717, 1.165) is 39.0 Å². The van der Waals surface area contributed by atoms with Crippen LogP contribution >= 0.6 is 0 Å². The Morgan fingerprint density at radius 3 is 2.56 bits per heavy atom. The highest BCUT2D eigenvalue weighted by atomic mass is 16.2. The maximum Gasteiger partial charge on any atom is 0.237 e. The third-order valence-electron chi connectivity index (χ3n) is 5.71. The van der Waals surface area contributed by atoms with E-state index in [1.54, 1.807) is 0 Å². The van der Waals surface area contributed by atoms with Gasteiger partial charge in [-0.1, -0.05) is 45.0 Å². The Hall–Kier alpha value is -1.39. The summed E-state index contributed by atoms with van der Waals surface area (Å²) in [6.45, 7) is 13.3. The molecule has 2 atom stereocenters. The Bertz CT molecular complexity index is 590. The van der Waals surface area contributed by atoms with Crippen molar-refractivity contribution in [3.8, 4) is 0 Å². The molecule has 4 nitrogen and oxygen atoms in total. The number of nitrogens with zero attached hydrogens (tertiary/aromatic N) is 2. The first-order valence-corrected chi connectivity index (χ1v) is 9.71. The minimum absolute atomic E-state index is 0.169. The maximum atomic E-state index is 12.9. The van der Waals surface area contributed by atoms with Crippen molar-refractivity contribution >= 4 is 5.91 Å². The first-order chi connectivity index (χ1) is 11.9. The molecule has 2 aliphatic rings. The summed E-state index contributed by atoms with van der Waals surface area (Å²) in [5.41, 5.74) is 2.80. The molecule has 138 valence electrons. The van der Waals surface area contributed by atoms with Gasteiger partial charge in [-0.25, -0.2) is 0 Å². The predicted molar refractivity (Wildman–Crippen MR) is 103 cm³/mol. The van der Waals surface area contributed by atoms with Crippen LogP contribution in [-0.2, 0) is 10.2 Å². The van der Waals surface area contributed by atoms with E-state index in [1.807, 2.05) is 0 Å². The van der Waals surface area contributed by atoms with Crippen LogP contribution < -0.4 is 5.32 Å². The molecular weight excluding hydrogens is 310 g/mol. The van der Waals surface area contributed by atoms with Crippen LogP contribution in [0.15, 0.2) is 24.3 Å². The van der Waals surface area contributed by atoms with Gasteiger partial charge < -0.3 is 10.2 Å². The van der Waals surface area contributed by atoms with Gasteiger partial charge in [0.15, 0.2) is 0 Å². The van der Waals surface area contributed by atoms with Gasteiger partial charge in [-0.15, -0.1) is 0 Å². The highest BCUT2D eigenvalue weighted by Crippen LogP contribution is 2.33. The number of hydrogen-bond acceptors (Lipinski definition) is 3. The van der Waals surface area contributed by atoms with E-state index in [0.29, 0.717) is 12.6 Å². The summed E-state index contributed by atoms with van der Waals surface area (Å²) in [4.78, 5) is 17.4. The molecule has 1 amide bonds. The van der Waals surface area contributed by atoms with Gasteiger partial charge in [0.25, 0.3) is 0 Å². The van der Waals surface area contributed by atoms with Crippen LogP contribution in [0, 0.1) is 0 Å². The van der Waals surface area contributed by atoms with Crippen LogP contribution in [0.4, 0.5) is 0 Å². The molecule has 4 heteroatoms. The Labute approximate surface area is 152 Å². The topological polar surface area (TPSA) is 35.6 Å². The Kier molecular flexibility index (Phi) is 5.49. The number of piperazine rings is 1. The van der Waals surface area contributed by atoms with Crippen molar-refractivity contribution in [1.29, 1.82) is 0 Å². The fourth-order valence-corrected chi connectivity index (χ4v) is 4.00. The zero-order valence-electron chi connectivity index (χ0n) is 16.2. The molecule has 0 aromatic heterocycles. The Morgan fingerprint density at radius 1 is 1.20 bits per heavy atom. The molecule has 1 aromatic carbocycles. The van der Waals surface area contributed by atoms with Crippen molar-refractivity contribution in [2.75, 3.05) is 32.7 Å². The average molecular weight is 344 g/mol. The number of nitrogens with one attached hydrogen (secondary N) is 1. The molecule has 0 radical (unpaired) electrons. The normalized spacial score (nSPS) is 25.4. The van der Waals surface area contributed by atoms with Gasteiger partial charge in [0, 0.05) is 32.2 Å². The molecule has 0 spiro atoms. The molecule has 25 heavy (non-hydrogen) atoms. The lowest BCUT2D eigenvalue weighted by molar-refractivity contribution is -0.134. The minimum atomic E-state index is 0.169. The van der Waals surface area contributed by atoms with E-state index in [1.165, 1.54) is 11.1 Å². The molecule has 1 aromatic rings. The smallest absolute Gasteiger partial charge is 0.237 e. The van der Waals surface area contributed by atoms with Crippen molar-refractivity contribution < 1.29 is 4.79 Å². The molecule has 2 heterocycles. The van der Waals surface area contributed by atoms with Crippen molar-refractivity contribution in [3.05, 3.63) is 35.4 Å². The second-order valence-electron chi connectivity index (χ2n) is 8.64. The quantitative estimate of drug-likeness (QED) is 0.916. The van der Waals surface area contributed by atoms with Crippen molar-refractivity contribution in [2.24, 2.45) is 0 Å². The number of hydrogen-bond donors (Lipinski definition) is 1. The van der Waals surface area contributed by atoms with Crippen LogP contribution in [0.5, 0.6) is 0 Å². The molecule has 2 saturated heterocycles. The van der Waals surface area contributed by atoms with Crippen LogP contribution in [0.25, 0.3) is 0 Å². The highest BCUT2D eigenvalue weighted by molar-refractivity contribution is 5.79. The second kappa shape index (κ2) is 7.46. The van der Waals surface area contributed by atoms with Crippen LogP contribution in [-0.4, -0.2) is 54.5 Å². The number of rotatable bonds is 3. The Balaban J connectivity index is 1.68. The van der Waals surface area contributed by atoms with E-state index in [9.17, 15) is 4.79 Å². The molecule has 0 aliphatic carbocycles. The standard InChI is InChI=1S/C21H33N3O/c1-16-14-22-11-13-23(16)15-20(25)24-12-5-6-19(24)17-7-9-18(10-8-17)21(2,3)4/h7-10,16,19,22H,5-6,11-15H2,1-4H3/t16-,19?/m0/s1. The van der Waals surface area contributed by atoms with Crippen LogP contribution in [0.2, 0.25) is 0 Å². The third kappa shape index (κ3) is 4.24. The lowest BCUT2D eigenvalue weighted by Crippen LogP contribution is -2.53. The first-order valence-electron chi connectivity index (χ1n) is 9.71. The molecule has 2 aliphatic heterocycles. The summed E-state index contributed by atoms with van der Waals surface area (Å²) in [7, 11) is 0. The van der Waals surface area contributed by atoms with Crippen molar-refractivity contribution in [3.63, 3.8) is 0 Å². The minimum Gasteiger partial charge on any atom is -0.335 e. The monoisotopic (exact) mass is 343 g/mol. The zero-order valence-corrected chi connectivity index (χ0v) is 16.2. The Morgan fingerprint density at radius 2 is 1.92 bits per heavy atom. The third-order valence-corrected chi connectivity index (χ3v) is 5.71. The summed E-state index contributed by atoms with van der Waals surface area (Å²) in [5, 5.41) is 3.39. The fourth-order valence-electron chi connectivity index (χ4n) is 4.00. The van der Waals surface area contributed by atoms with E-state index >= 15 is 0 Å². The van der Waals surface area contributed by atoms with Gasteiger partial charge in [0.2, 0.25) is 5.91 Å². The average Bonchev–Trinajstić information content (AvgIpc) is 3.06. The van der Waals surface area contributed by atoms with Crippen molar-refractivity contribution in [2.45, 2.75) is 58.0 Å². The van der Waals surface area contributed by atoms with E-state index in [-0.39, 0.29) is 17.4 Å².